The number of hydrogen-bond acceptors (Lipinski definition) is 5. The van der Waals surface area contributed by atoms with E-state index < -0.39 is 18.1 Å². The highest BCUT2D eigenvalue weighted by molar-refractivity contribution is 6.39. The molecule has 1 aliphatic rings. The number of hydrogen-bond donors (Lipinski definition) is 4. The molecule has 1 aromatic carbocycles. The smallest absolute Gasteiger partial charge is 0.314 e. The van der Waals surface area contributed by atoms with Crippen molar-refractivity contribution < 1.29 is 14.4 Å². The van der Waals surface area contributed by atoms with E-state index in [2.05, 4.69) is 47.1 Å². The molecule has 2 heterocycles. The molecule has 0 spiro atoms. The summed E-state index contributed by atoms with van der Waals surface area (Å²) < 4.78 is 1.49. The second-order valence-corrected chi connectivity index (χ2v) is 9.17. The summed E-state index contributed by atoms with van der Waals surface area (Å²) in [4.78, 5) is 36.9. The first-order valence-corrected chi connectivity index (χ1v) is 10.9. The maximum absolute atomic E-state index is 12.4. The first-order chi connectivity index (χ1) is 15.1. The Balaban J connectivity index is 1.58. The summed E-state index contributed by atoms with van der Waals surface area (Å²) in [5, 5.41) is 15.9. The maximum atomic E-state index is 12.4. The van der Waals surface area contributed by atoms with Crippen molar-refractivity contribution in [1.82, 2.24) is 25.7 Å². The van der Waals surface area contributed by atoms with Crippen LogP contribution in [0.1, 0.15) is 51.2 Å². The molecule has 3 amide bonds. The maximum Gasteiger partial charge on any atom is 0.314 e. The first kappa shape index (κ1) is 23.5. The van der Waals surface area contributed by atoms with Crippen LogP contribution in [0.25, 0.3) is 0 Å². The van der Waals surface area contributed by atoms with Gasteiger partial charge in [-0.15, -0.1) is 0 Å². The molecule has 9 heteroatoms. The fraction of sp³-hybridized carbons (Fsp3) is 0.478. The van der Waals surface area contributed by atoms with E-state index >= 15 is 0 Å². The lowest BCUT2D eigenvalue weighted by Crippen LogP contribution is -2.57. The Morgan fingerprint density at radius 1 is 1.19 bits per heavy atom. The molecule has 0 aliphatic carbocycles. The van der Waals surface area contributed by atoms with Crippen molar-refractivity contribution in [2.24, 2.45) is 5.41 Å². The Bertz CT molecular complexity index is 964. The van der Waals surface area contributed by atoms with Crippen molar-refractivity contribution in [2.75, 3.05) is 11.9 Å². The molecule has 2 unspecified atom stereocenters. The van der Waals surface area contributed by atoms with Gasteiger partial charge in [0.1, 0.15) is 5.82 Å². The average molecular weight is 441 g/mol. The second-order valence-electron chi connectivity index (χ2n) is 9.17. The van der Waals surface area contributed by atoms with Crippen LogP contribution in [0.15, 0.2) is 36.4 Å². The van der Waals surface area contributed by atoms with Crippen molar-refractivity contribution in [2.45, 2.75) is 59.3 Å². The predicted octanol–water partition coefficient (Wildman–Crippen LogP) is 1.86. The molecule has 0 bridgehead atoms. The minimum atomic E-state index is -0.777. The van der Waals surface area contributed by atoms with Gasteiger partial charge >= 0.3 is 11.8 Å². The van der Waals surface area contributed by atoms with E-state index in [1.165, 1.54) is 10.2 Å². The van der Waals surface area contributed by atoms with Gasteiger partial charge < -0.3 is 16.0 Å². The standard InChI is InChI=1S/C23H32N6O3/c1-15-13-18(29(28-15)22-25-17(23(2,3)4)14-19(30)27-22)26-21(32)20(31)24-12-8-11-16-9-6-5-7-10-16/h5-7,9-10,13,17,22,25H,8,11-12,14H2,1-4H3,(H,24,31)(H,26,32)(H,27,30). The van der Waals surface area contributed by atoms with Crippen molar-refractivity contribution in [3.63, 3.8) is 0 Å². The summed E-state index contributed by atoms with van der Waals surface area (Å²) >= 11 is 0. The summed E-state index contributed by atoms with van der Waals surface area (Å²) in [5.74, 6) is -1.26. The number of nitrogens with zero attached hydrogens (tertiary/aromatic N) is 2. The third-order valence-corrected chi connectivity index (χ3v) is 5.41. The Morgan fingerprint density at radius 3 is 2.59 bits per heavy atom. The van der Waals surface area contributed by atoms with Gasteiger partial charge in [0.2, 0.25) is 5.91 Å². The monoisotopic (exact) mass is 440 g/mol. The van der Waals surface area contributed by atoms with Crippen LogP contribution in [0.4, 0.5) is 5.82 Å². The summed E-state index contributed by atoms with van der Waals surface area (Å²) in [5.41, 5.74) is 1.69. The molecule has 1 aliphatic heterocycles. The summed E-state index contributed by atoms with van der Waals surface area (Å²) in [6.07, 6.45) is 1.27. The molecule has 1 saturated heterocycles. The summed E-state index contributed by atoms with van der Waals surface area (Å²) in [6, 6.07) is 11.6. The minimum absolute atomic E-state index is 0.0674. The topological polar surface area (TPSA) is 117 Å². The van der Waals surface area contributed by atoms with Gasteiger partial charge in [-0.1, -0.05) is 51.1 Å². The number of amides is 3. The molecular weight excluding hydrogens is 408 g/mol. The molecule has 32 heavy (non-hydrogen) atoms. The van der Waals surface area contributed by atoms with E-state index in [0.717, 1.165) is 12.8 Å². The Hall–Kier alpha value is -3.20. The number of carbonyl (C=O) groups is 3. The number of aromatic nitrogens is 2. The van der Waals surface area contributed by atoms with E-state index in [-0.39, 0.29) is 17.4 Å². The van der Waals surface area contributed by atoms with Gasteiger partial charge in [0.25, 0.3) is 0 Å². The number of aryl methyl sites for hydroxylation is 2. The quantitative estimate of drug-likeness (QED) is 0.404. The lowest BCUT2D eigenvalue weighted by atomic mass is 9.84. The normalized spacial score (nSPS) is 18.7. The number of rotatable bonds is 6. The zero-order chi connectivity index (χ0) is 23.3. The van der Waals surface area contributed by atoms with Gasteiger partial charge in [0.15, 0.2) is 6.29 Å². The SMILES string of the molecule is Cc1cc(NC(=O)C(=O)NCCCc2ccccc2)n(C2NC(=O)CC(C(C)(C)C)N2)n1. The first-order valence-electron chi connectivity index (χ1n) is 10.9. The van der Waals surface area contributed by atoms with Crippen molar-refractivity contribution >= 4 is 23.5 Å². The second kappa shape index (κ2) is 9.95. The molecule has 2 aromatic rings. The lowest BCUT2D eigenvalue weighted by Gasteiger charge is -2.39. The van der Waals surface area contributed by atoms with E-state index in [9.17, 15) is 14.4 Å². The molecule has 0 saturated carbocycles. The van der Waals surface area contributed by atoms with Crippen LogP contribution in [0.5, 0.6) is 0 Å². The van der Waals surface area contributed by atoms with Crippen molar-refractivity contribution in [1.29, 1.82) is 0 Å². The fourth-order valence-electron chi connectivity index (χ4n) is 3.58. The van der Waals surface area contributed by atoms with Crippen LogP contribution in [0.3, 0.4) is 0 Å². The minimum Gasteiger partial charge on any atom is -0.348 e. The van der Waals surface area contributed by atoms with Gasteiger partial charge in [-0.2, -0.15) is 5.10 Å². The predicted molar refractivity (Wildman–Crippen MR) is 122 cm³/mol. The van der Waals surface area contributed by atoms with Crippen LogP contribution in [-0.2, 0) is 20.8 Å². The Labute approximate surface area is 188 Å². The van der Waals surface area contributed by atoms with Crippen LogP contribution >= 0.6 is 0 Å². The highest BCUT2D eigenvalue weighted by Gasteiger charge is 2.35. The van der Waals surface area contributed by atoms with Crippen LogP contribution in [0.2, 0.25) is 0 Å². The fourth-order valence-corrected chi connectivity index (χ4v) is 3.58. The molecular formula is C23H32N6O3. The molecule has 172 valence electrons. The molecule has 0 radical (unpaired) electrons. The van der Waals surface area contributed by atoms with Crippen LogP contribution in [0, 0.1) is 12.3 Å². The zero-order valence-corrected chi connectivity index (χ0v) is 19.1. The van der Waals surface area contributed by atoms with Crippen molar-refractivity contribution in [3.8, 4) is 0 Å². The largest absolute Gasteiger partial charge is 0.348 e. The summed E-state index contributed by atoms with van der Waals surface area (Å²) in [6.45, 7) is 8.34. The number of carbonyl (C=O) groups excluding carboxylic acids is 3. The summed E-state index contributed by atoms with van der Waals surface area (Å²) in [7, 11) is 0. The van der Waals surface area contributed by atoms with E-state index in [4.69, 9.17) is 0 Å². The highest BCUT2D eigenvalue weighted by Crippen LogP contribution is 2.27. The molecule has 4 N–H and O–H groups in total. The van der Waals surface area contributed by atoms with E-state index in [1.54, 1.807) is 13.0 Å². The van der Waals surface area contributed by atoms with Crippen LogP contribution in [-0.4, -0.2) is 40.1 Å². The Morgan fingerprint density at radius 2 is 1.91 bits per heavy atom. The van der Waals surface area contributed by atoms with Gasteiger partial charge in [-0.3, -0.25) is 19.7 Å². The molecule has 1 fully saturated rings. The van der Waals surface area contributed by atoms with E-state index in [0.29, 0.717) is 24.5 Å². The number of nitrogens with one attached hydrogen (secondary N) is 4. The number of anilines is 1. The third kappa shape index (κ3) is 6.16. The van der Waals surface area contributed by atoms with Gasteiger partial charge in [-0.25, -0.2) is 4.68 Å². The highest BCUT2D eigenvalue weighted by atomic mass is 16.2. The number of benzene rings is 1. The van der Waals surface area contributed by atoms with Gasteiger partial charge in [0.05, 0.1) is 5.69 Å². The Kier molecular flexibility index (Phi) is 7.29. The third-order valence-electron chi connectivity index (χ3n) is 5.41. The zero-order valence-electron chi connectivity index (χ0n) is 19.1. The molecule has 9 nitrogen and oxygen atoms in total. The van der Waals surface area contributed by atoms with Crippen molar-refractivity contribution in [3.05, 3.63) is 47.7 Å². The van der Waals surface area contributed by atoms with Crippen LogP contribution < -0.4 is 21.3 Å². The van der Waals surface area contributed by atoms with E-state index in [1.807, 2.05) is 30.3 Å². The molecule has 1 aromatic heterocycles. The van der Waals surface area contributed by atoms with Gasteiger partial charge in [0, 0.05) is 25.1 Å². The molecule has 3 rings (SSSR count). The lowest BCUT2D eigenvalue weighted by molar-refractivity contribution is -0.136. The average Bonchev–Trinajstić information content (AvgIpc) is 3.10. The van der Waals surface area contributed by atoms with Gasteiger partial charge in [-0.05, 0) is 30.7 Å². The molecule has 2 atom stereocenters.